The highest BCUT2D eigenvalue weighted by Crippen LogP contribution is 2.37. The number of carbonyl (C=O) groups excluding carboxylic acids is 1. The van der Waals surface area contributed by atoms with E-state index in [2.05, 4.69) is 15.5 Å². The molecule has 1 heterocycles. The Labute approximate surface area is 143 Å². The lowest BCUT2D eigenvalue weighted by Gasteiger charge is -2.16. The maximum atomic E-state index is 13.1. The van der Waals surface area contributed by atoms with Gasteiger partial charge in [0.15, 0.2) is 5.16 Å². The van der Waals surface area contributed by atoms with Gasteiger partial charge in [0.25, 0.3) is 5.69 Å². The molecule has 0 bridgehead atoms. The van der Waals surface area contributed by atoms with Crippen molar-refractivity contribution < 1.29 is 22.9 Å². The van der Waals surface area contributed by atoms with Gasteiger partial charge in [-0.2, -0.15) is 13.2 Å². The number of benzene rings is 1. The Kier molecular flexibility index (Phi) is 5.30. The van der Waals surface area contributed by atoms with Crippen LogP contribution in [0.3, 0.4) is 0 Å². The van der Waals surface area contributed by atoms with Crippen LogP contribution >= 0.6 is 11.8 Å². The number of nitro benzene ring substituents is 1. The number of nitrogens with one attached hydrogen (secondary N) is 1. The monoisotopic (exact) mass is 375 g/mol. The Morgan fingerprint density at radius 1 is 1.44 bits per heavy atom. The number of thioether (sulfide) groups is 1. The van der Waals surface area contributed by atoms with Crippen LogP contribution in [0.1, 0.15) is 12.5 Å². The van der Waals surface area contributed by atoms with E-state index < -0.39 is 39.2 Å². The van der Waals surface area contributed by atoms with Crippen LogP contribution in [0.4, 0.5) is 24.5 Å². The predicted molar refractivity (Wildman–Crippen MR) is 83.1 cm³/mol. The molecule has 0 spiro atoms. The van der Waals surface area contributed by atoms with Crippen LogP contribution in [0.2, 0.25) is 0 Å². The number of hydrogen-bond acceptors (Lipinski definition) is 6. The number of non-ortho nitro benzene ring substituents is 1. The number of aryl methyl sites for hydroxylation is 1. The zero-order valence-corrected chi connectivity index (χ0v) is 13.8. The normalized spacial score (nSPS) is 12.7. The van der Waals surface area contributed by atoms with Gasteiger partial charge in [0.1, 0.15) is 6.33 Å². The summed E-state index contributed by atoms with van der Waals surface area (Å²) in [5, 5.41) is 19.9. The fourth-order valence-electron chi connectivity index (χ4n) is 1.81. The first-order valence-corrected chi connectivity index (χ1v) is 7.64. The van der Waals surface area contributed by atoms with E-state index in [-0.39, 0.29) is 0 Å². The average molecular weight is 375 g/mol. The highest BCUT2D eigenvalue weighted by molar-refractivity contribution is 8.00. The van der Waals surface area contributed by atoms with Crippen molar-refractivity contribution in [1.82, 2.24) is 14.8 Å². The molecule has 0 aliphatic rings. The Morgan fingerprint density at radius 3 is 2.64 bits per heavy atom. The number of halogens is 3. The van der Waals surface area contributed by atoms with Crippen LogP contribution in [-0.4, -0.2) is 30.8 Å². The molecule has 1 N–H and O–H groups in total. The minimum absolute atomic E-state index is 0.385. The standard InChI is InChI=1S/C13H12F3N5O3S/c1-7(25-12-19-17-6-20(12)2)11(22)18-10-4-3-8(21(23)24)5-9(10)13(14,15)16/h3-7H,1-2H3,(H,18,22)/t7-/m1/s1. The number of amides is 1. The maximum Gasteiger partial charge on any atom is 0.418 e. The molecule has 0 saturated carbocycles. The second-order valence-corrected chi connectivity index (χ2v) is 6.27. The van der Waals surface area contributed by atoms with Crippen LogP contribution in [0.25, 0.3) is 0 Å². The molecule has 0 aliphatic carbocycles. The first-order chi connectivity index (χ1) is 11.6. The number of alkyl halides is 3. The van der Waals surface area contributed by atoms with E-state index in [9.17, 15) is 28.1 Å². The second kappa shape index (κ2) is 7.09. The maximum absolute atomic E-state index is 13.1. The number of anilines is 1. The van der Waals surface area contributed by atoms with E-state index in [0.717, 1.165) is 23.9 Å². The van der Waals surface area contributed by atoms with Crippen LogP contribution < -0.4 is 5.32 Å². The SMILES string of the molecule is C[C@@H](Sc1nncn1C)C(=O)Nc1ccc([N+](=O)[O-])cc1C(F)(F)F. The number of rotatable bonds is 5. The van der Waals surface area contributed by atoms with E-state index in [1.807, 2.05) is 0 Å². The molecule has 134 valence electrons. The van der Waals surface area contributed by atoms with Crippen molar-refractivity contribution in [3.63, 3.8) is 0 Å². The molecule has 1 aromatic heterocycles. The third-order valence-corrected chi connectivity index (χ3v) is 4.25. The molecular formula is C13H12F3N5O3S. The fraction of sp³-hybridized carbons (Fsp3) is 0.308. The smallest absolute Gasteiger partial charge is 0.325 e. The molecule has 2 rings (SSSR count). The lowest BCUT2D eigenvalue weighted by atomic mass is 10.1. The highest BCUT2D eigenvalue weighted by atomic mass is 32.2. The van der Waals surface area contributed by atoms with Crippen LogP contribution in [0.15, 0.2) is 29.7 Å². The van der Waals surface area contributed by atoms with Gasteiger partial charge in [-0.1, -0.05) is 11.8 Å². The topological polar surface area (TPSA) is 103 Å². The van der Waals surface area contributed by atoms with Crippen molar-refractivity contribution in [2.45, 2.75) is 23.5 Å². The molecule has 0 radical (unpaired) electrons. The van der Waals surface area contributed by atoms with E-state index in [1.165, 1.54) is 13.3 Å². The molecule has 1 amide bonds. The van der Waals surface area contributed by atoms with E-state index in [0.29, 0.717) is 11.2 Å². The number of hydrogen-bond donors (Lipinski definition) is 1. The molecular weight excluding hydrogens is 363 g/mol. The molecule has 0 aliphatic heterocycles. The summed E-state index contributed by atoms with van der Waals surface area (Å²) in [6.45, 7) is 1.49. The average Bonchev–Trinajstić information content (AvgIpc) is 2.91. The summed E-state index contributed by atoms with van der Waals surface area (Å²) in [5.74, 6) is -0.702. The predicted octanol–water partition coefficient (Wildman–Crippen LogP) is 2.86. The Morgan fingerprint density at radius 2 is 2.12 bits per heavy atom. The van der Waals surface area contributed by atoms with Crippen LogP contribution in [0.5, 0.6) is 0 Å². The van der Waals surface area contributed by atoms with Gasteiger partial charge in [-0.05, 0) is 13.0 Å². The first-order valence-electron chi connectivity index (χ1n) is 6.76. The lowest BCUT2D eigenvalue weighted by Crippen LogP contribution is -2.24. The minimum Gasteiger partial charge on any atom is -0.325 e. The number of carbonyl (C=O) groups is 1. The van der Waals surface area contributed by atoms with Gasteiger partial charge in [0.05, 0.1) is 21.4 Å². The second-order valence-electron chi connectivity index (χ2n) is 4.96. The van der Waals surface area contributed by atoms with Crippen molar-refractivity contribution >= 4 is 29.0 Å². The minimum atomic E-state index is -4.85. The third-order valence-electron chi connectivity index (χ3n) is 3.10. The number of aromatic nitrogens is 3. The van der Waals surface area contributed by atoms with Crippen molar-refractivity contribution in [2.75, 3.05) is 5.32 Å². The lowest BCUT2D eigenvalue weighted by molar-refractivity contribution is -0.385. The Hall–Kier alpha value is -2.63. The zero-order chi connectivity index (χ0) is 18.8. The summed E-state index contributed by atoms with van der Waals surface area (Å²) in [5.41, 5.74) is -2.55. The zero-order valence-electron chi connectivity index (χ0n) is 12.9. The van der Waals surface area contributed by atoms with Gasteiger partial charge < -0.3 is 9.88 Å². The molecule has 0 saturated heterocycles. The molecule has 2 aromatic rings. The third kappa shape index (κ3) is 4.47. The van der Waals surface area contributed by atoms with Crippen molar-refractivity contribution in [3.05, 3.63) is 40.2 Å². The van der Waals surface area contributed by atoms with E-state index >= 15 is 0 Å². The van der Waals surface area contributed by atoms with E-state index in [4.69, 9.17) is 0 Å². The van der Waals surface area contributed by atoms with Crippen molar-refractivity contribution in [2.24, 2.45) is 7.05 Å². The van der Waals surface area contributed by atoms with Gasteiger partial charge in [0, 0.05) is 19.2 Å². The summed E-state index contributed by atoms with van der Waals surface area (Å²) in [6.07, 6.45) is -3.43. The van der Waals surface area contributed by atoms with Crippen molar-refractivity contribution in [3.8, 4) is 0 Å². The van der Waals surface area contributed by atoms with Crippen LogP contribution in [0, 0.1) is 10.1 Å². The van der Waals surface area contributed by atoms with E-state index in [1.54, 1.807) is 11.6 Å². The summed E-state index contributed by atoms with van der Waals surface area (Å²) < 4.78 is 40.9. The molecule has 25 heavy (non-hydrogen) atoms. The van der Waals surface area contributed by atoms with Gasteiger partial charge >= 0.3 is 6.18 Å². The summed E-state index contributed by atoms with van der Waals surface area (Å²) in [4.78, 5) is 21.9. The molecule has 1 atom stereocenters. The number of nitrogens with zero attached hydrogens (tertiary/aromatic N) is 4. The largest absolute Gasteiger partial charge is 0.418 e. The molecule has 8 nitrogen and oxygen atoms in total. The quantitative estimate of drug-likeness (QED) is 0.490. The van der Waals surface area contributed by atoms with Gasteiger partial charge in [0.2, 0.25) is 5.91 Å². The van der Waals surface area contributed by atoms with Gasteiger partial charge in [-0.3, -0.25) is 14.9 Å². The summed E-state index contributed by atoms with van der Waals surface area (Å²) in [7, 11) is 1.66. The fourth-order valence-corrected chi connectivity index (χ4v) is 2.60. The molecule has 0 fully saturated rings. The highest BCUT2D eigenvalue weighted by Gasteiger charge is 2.36. The Bertz CT molecular complexity index is 808. The molecule has 0 unspecified atom stereocenters. The summed E-state index contributed by atoms with van der Waals surface area (Å²) in [6, 6.07) is 2.14. The molecule has 1 aromatic carbocycles. The van der Waals surface area contributed by atoms with Gasteiger partial charge in [-0.15, -0.1) is 10.2 Å². The number of nitro groups is 1. The Balaban J connectivity index is 2.22. The van der Waals surface area contributed by atoms with Crippen LogP contribution in [-0.2, 0) is 18.0 Å². The first kappa shape index (κ1) is 18.7. The summed E-state index contributed by atoms with van der Waals surface area (Å²) >= 11 is 1.01. The van der Waals surface area contributed by atoms with Gasteiger partial charge in [-0.25, -0.2) is 0 Å². The van der Waals surface area contributed by atoms with Crippen molar-refractivity contribution in [1.29, 1.82) is 0 Å². The molecule has 12 heteroatoms.